The summed E-state index contributed by atoms with van der Waals surface area (Å²) in [6.45, 7) is 2.12. The predicted molar refractivity (Wildman–Crippen MR) is 119 cm³/mol. The molecule has 1 aliphatic rings. The molecule has 3 aromatic rings. The quantitative estimate of drug-likeness (QED) is 0.533. The van der Waals surface area contributed by atoms with Gasteiger partial charge in [-0.1, -0.05) is 89.2 Å². The van der Waals surface area contributed by atoms with Gasteiger partial charge in [0.25, 0.3) is 0 Å². The van der Waals surface area contributed by atoms with Gasteiger partial charge in [-0.15, -0.1) is 0 Å². The first-order valence-electron chi connectivity index (χ1n) is 9.04. The predicted octanol–water partition coefficient (Wildman–Crippen LogP) is 6.11. The van der Waals surface area contributed by atoms with Crippen LogP contribution in [0, 0.1) is 0 Å². The molecule has 0 saturated carbocycles. The number of hydrogen-bond acceptors (Lipinski definition) is 3. The summed E-state index contributed by atoms with van der Waals surface area (Å²) in [6, 6.07) is 20.6. The fraction of sp³-hybridized carbons (Fsp3) is 0.174. The van der Waals surface area contributed by atoms with Crippen LogP contribution in [0.4, 0.5) is 0 Å². The number of fused-ring (bicyclic) bond motifs is 1. The summed E-state index contributed by atoms with van der Waals surface area (Å²) in [4.78, 5) is 13.6. The molecule has 1 aliphatic heterocycles. The summed E-state index contributed by atoms with van der Waals surface area (Å²) in [5.41, 5.74) is 4.08. The lowest BCUT2D eigenvalue weighted by atomic mass is 9.91. The molecule has 0 aliphatic carbocycles. The molecule has 4 rings (SSSR count). The van der Waals surface area contributed by atoms with Crippen molar-refractivity contribution in [1.29, 1.82) is 0 Å². The van der Waals surface area contributed by atoms with Gasteiger partial charge in [0.15, 0.2) is 5.78 Å². The molecule has 0 spiro atoms. The molecule has 0 bridgehead atoms. The van der Waals surface area contributed by atoms with E-state index in [2.05, 4.69) is 58.5 Å². The van der Waals surface area contributed by atoms with Crippen LogP contribution in [-0.4, -0.2) is 12.8 Å². The van der Waals surface area contributed by atoms with E-state index in [1.165, 1.54) is 10.9 Å². The van der Waals surface area contributed by atoms with Gasteiger partial charge >= 0.3 is 0 Å². The van der Waals surface area contributed by atoms with Crippen LogP contribution in [0.5, 0.6) is 0 Å². The third kappa shape index (κ3) is 3.11. The first-order valence-corrected chi connectivity index (χ1v) is 10.7. The number of hydrogen-bond donors (Lipinski definition) is 1. The third-order valence-corrected chi connectivity index (χ3v) is 7.11. The molecule has 0 radical (unpaired) electrons. The van der Waals surface area contributed by atoms with E-state index in [-0.39, 0.29) is 11.0 Å². The van der Waals surface area contributed by atoms with Crippen molar-refractivity contribution < 1.29 is 4.79 Å². The van der Waals surface area contributed by atoms with Crippen LogP contribution in [-0.2, 0) is 11.2 Å². The summed E-state index contributed by atoms with van der Waals surface area (Å²) in [5, 5.41) is 6.31. The van der Waals surface area contributed by atoms with Crippen LogP contribution < -0.4 is 5.32 Å². The lowest BCUT2D eigenvalue weighted by Gasteiger charge is -2.14. The lowest BCUT2D eigenvalue weighted by Crippen LogP contribution is -2.09. The van der Waals surface area contributed by atoms with Gasteiger partial charge in [0.05, 0.1) is 15.9 Å². The highest BCUT2D eigenvalue weighted by atomic mass is 79.9. The smallest absolute Gasteiger partial charge is 0.183 e. The van der Waals surface area contributed by atoms with Gasteiger partial charge in [-0.3, -0.25) is 4.79 Å². The maximum absolute atomic E-state index is 13.6. The number of carbonyl (C=O) groups excluding carboxylic acids is 1. The van der Waals surface area contributed by atoms with Gasteiger partial charge in [0, 0.05) is 11.5 Å². The summed E-state index contributed by atoms with van der Waals surface area (Å²) in [6.07, 6.45) is 0.869. The molecule has 0 saturated heterocycles. The summed E-state index contributed by atoms with van der Waals surface area (Å²) in [5.74, 6) is 0.175. The van der Waals surface area contributed by atoms with Crippen LogP contribution in [0.1, 0.15) is 28.9 Å². The Morgan fingerprint density at radius 3 is 2.56 bits per heavy atom. The van der Waals surface area contributed by atoms with Crippen molar-refractivity contribution in [3.05, 3.63) is 86.9 Å². The highest BCUT2D eigenvalue weighted by Crippen LogP contribution is 2.49. The molecule has 1 N–H and O–H groups in total. The van der Waals surface area contributed by atoms with Crippen molar-refractivity contribution in [2.24, 2.45) is 0 Å². The van der Waals surface area contributed by atoms with E-state index in [9.17, 15) is 4.79 Å². The Morgan fingerprint density at radius 2 is 1.78 bits per heavy atom. The fourth-order valence-corrected chi connectivity index (χ4v) is 5.63. The summed E-state index contributed by atoms with van der Waals surface area (Å²) < 4.78 is 1.05. The highest BCUT2D eigenvalue weighted by molar-refractivity contribution is 9.10. The molecule has 3 aromatic carbocycles. The molecule has 1 atom stereocenters. The van der Waals surface area contributed by atoms with Crippen molar-refractivity contribution in [3.63, 3.8) is 0 Å². The molecule has 4 heteroatoms. The maximum Gasteiger partial charge on any atom is 0.183 e. The van der Waals surface area contributed by atoms with Crippen molar-refractivity contribution in [3.8, 4) is 0 Å². The number of carbonyl (C=O) groups is 1. The second-order valence-corrected chi connectivity index (χ2v) is 8.47. The number of Topliss-reactive ketones (excluding diaryl/α,β-unsaturated/α-hetero) is 1. The van der Waals surface area contributed by atoms with E-state index in [0.29, 0.717) is 0 Å². The van der Waals surface area contributed by atoms with Crippen LogP contribution in [0.3, 0.4) is 0 Å². The minimum absolute atomic E-state index is 0.175. The SMILES string of the molecule is CCc1c(Br)cccc1C1=C(NC)SC(c2cccc3ccccc23)C1=O. The van der Waals surface area contributed by atoms with Crippen molar-refractivity contribution in [2.45, 2.75) is 18.6 Å². The Labute approximate surface area is 172 Å². The standard InChI is InChI=1S/C23H20BrNOS/c1-3-15-17(11-7-13-19(15)24)20-21(26)22(27-23(20)25-2)18-12-6-9-14-8-4-5-10-16(14)18/h4-13,22,25H,3H2,1-2H3. The normalized spacial score (nSPS) is 17.0. The molecule has 0 fully saturated rings. The third-order valence-electron chi connectivity index (χ3n) is 5.02. The monoisotopic (exact) mass is 437 g/mol. The van der Waals surface area contributed by atoms with Gasteiger partial charge in [-0.05, 0) is 39.9 Å². The molecule has 27 heavy (non-hydrogen) atoms. The van der Waals surface area contributed by atoms with E-state index in [1.807, 2.05) is 37.4 Å². The average Bonchev–Trinajstić information content (AvgIpc) is 3.03. The Kier molecular flexibility index (Phi) is 5.11. The molecular formula is C23H20BrNOS. The Bertz CT molecular complexity index is 1070. The first kappa shape index (κ1) is 18.3. The van der Waals surface area contributed by atoms with Gasteiger partial charge in [0.2, 0.25) is 0 Å². The number of rotatable bonds is 4. The number of ketones is 1. The number of allylic oxidation sites excluding steroid dienone is 1. The topological polar surface area (TPSA) is 29.1 Å². The molecular weight excluding hydrogens is 418 g/mol. The number of thioether (sulfide) groups is 1. The minimum Gasteiger partial charge on any atom is -0.382 e. The zero-order valence-electron chi connectivity index (χ0n) is 15.3. The van der Waals surface area contributed by atoms with Gasteiger partial charge in [-0.25, -0.2) is 0 Å². The molecule has 136 valence electrons. The molecule has 0 amide bonds. The van der Waals surface area contributed by atoms with Gasteiger partial charge in [-0.2, -0.15) is 0 Å². The van der Waals surface area contributed by atoms with Crippen molar-refractivity contribution in [1.82, 2.24) is 5.32 Å². The van der Waals surface area contributed by atoms with Crippen molar-refractivity contribution >= 4 is 49.8 Å². The fourth-order valence-electron chi connectivity index (χ4n) is 3.75. The largest absolute Gasteiger partial charge is 0.382 e. The number of benzene rings is 3. The maximum atomic E-state index is 13.6. The Morgan fingerprint density at radius 1 is 1.04 bits per heavy atom. The van der Waals surface area contributed by atoms with E-state index < -0.39 is 0 Å². The van der Waals surface area contributed by atoms with E-state index in [1.54, 1.807) is 11.8 Å². The Hall–Kier alpha value is -2.04. The average molecular weight is 438 g/mol. The minimum atomic E-state index is -0.225. The van der Waals surface area contributed by atoms with Crippen LogP contribution in [0.25, 0.3) is 16.3 Å². The highest BCUT2D eigenvalue weighted by Gasteiger charge is 2.37. The second kappa shape index (κ2) is 7.53. The first-order chi connectivity index (χ1) is 13.2. The second-order valence-electron chi connectivity index (χ2n) is 6.50. The van der Waals surface area contributed by atoms with Crippen LogP contribution in [0.2, 0.25) is 0 Å². The lowest BCUT2D eigenvalue weighted by molar-refractivity contribution is -0.113. The van der Waals surface area contributed by atoms with Gasteiger partial charge in [0.1, 0.15) is 0 Å². The summed E-state index contributed by atoms with van der Waals surface area (Å²) >= 11 is 5.27. The molecule has 1 heterocycles. The van der Waals surface area contributed by atoms with E-state index in [4.69, 9.17) is 0 Å². The Balaban J connectivity index is 1.84. The zero-order chi connectivity index (χ0) is 19.0. The zero-order valence-corrected chi connectivity index (χ0v) is 17.7. The summed E-state index contributed by atoms with van der Waals surface area (Å²) in [7, 11) is 1.89. The number of halogens is 1. The van der Waals surface area contributed by atoms with Crippen LogP contribution >= 0.6 is 27.7 Å². The van der Waals surface area contributed by atoms with Gasteiger partial charge < -0.3 is 5.32 Å². The van der Waals surface area contributed by atoms with Crippen molar-refractivity contribution in [2.75, 3.05) is 7.05 Å². The number of nitrogens with one attached hydrogen (secondary N) is 1. The van der Waals surface area contributed by atoms with Crippen LogP contribution in [0.15, 0.2) is 70.2 Å². The molecule has 1 unspecified atom stereocenters. The molecule has 0 aromatic heterocycles. The van der Waals surface area contributed by atoms with E-state index in [0.717, 1.165) is 38.0 Å². The van der Waals surface area contributed by atoms with E-state index >= 15 is 0 Å². The molecule has 2 nitrogen and oxygen atoms in total.